The molecule has 3 aromatic rings. The maximum Gasteiger partial charge on any atom is 0.224 e. The van der Waals surface area contributed by atoms with Crippen LogP contribution >= 0.6 is 0 Å². The van der Waals surface area contributed by atoms with Crippen molar-refractivity contribution >= 4 is 16.9 Å². The average molecular weight is 434 g/mol. The van der Waals surface area contributed by atoms with Crippen molar-refractivity contribution in [3.63, 3.8) is 0 Å². The Labute approximate surface area is 187 Å². The van der Waals surface area contributed by atoms with E-state index < -0.39 is 0 Å². The van der Waals surface area contributed by atoms with Gasteiger partial charge in [-0.1, -0.05) is 24.3 Å². The third kappa shape index (κ3) is 5.13. The minimum atomic E-state index is 0.0611. The zero-order valence-electron chi connectivity index (χ0n) is 18.4. The molecule has 0 aliphatic carbocycles. The van der Waals surface area contributed by atoms with Crippen LogP contribution < -0.4 is 10.1 Å². The highest BCUT2D eigenvalue weighted by atomic mass is 16.5. The summed E-state index contributed by atoms with van der Waals surface area (Å²) in [5.74, 6) is 1.06. The van der Waals surface area contributed by atoms with Crippen LogP contribution in [0, 0.1) is 11.3 Å². The summed E-state index contributed by atoms with van der Waals surface area (Å²) >= 11 is 0. The zero-order valence-corrected chi connectivity index (χ0v) is 18.4. The molecule has 0 bridgehead atoms. The van der Waals surface area contributed by atoms with Crippen LogP contribution in [-0.4, -0.2) is 54.0 Å². The molecule has 1 fully saturated rings. The number of ether oxygens (including phenoxy) is 3. The molecule has 32 heavy (non-hydrogen) atoms. The average Bonchev–Trinajstić information content (AvgIpc) is 2.81. The second kappa shape index (κ2) is 10.4. The van der Waals surface area contributed by atoms with Crippen molar-refractivity contribution in [2.75, 3.05) is 32.2 Å². The van der Waals surface area contributed by atoms with Gasteiger partial charge in [0.15, 0.2) is 0 Å². The smallest absolute Gasteiger partial charge is 0.224 e. The molecule has 2 aromatic heterocycles. The molecule has 1 aromatic carbocycles. The molecular weight excluding hydrogens is 406 g/mol. The third-order valence-corrected chi connectivity index (χ3v) is 5.37. The predicted molar refractivity (Wildman–Crippen MR) is 122 cm³/mol. The van der Waals surface area contributed by atoms with Crippen molar-refractivity contribution in [3.8, 4) is 23.1 Å². The maximum atomic E-state index is 8.94. The summed E-state index contributed by atoms with van der Waals surface area (Å²) in [4.78, 5) is 13.9. The molecule has 1 N–H and O–H groups in total. The van der Waals surface area contributed by atoms with Gasteiger partial charge >= 0.3 is 0 Å². The van der Waals surface area contributed by atoms with Crippen LogP contribution in [-0.2, 0) is 15.9 Å². The van der Waals surface area contributed by atoms with Gasteiger partial charge in [0.25, 0.3) is 0 Å². The summed E-state index contributed by atoms with van der Waals surface area (Å²) in [5, 5.41) is 13.0. The van der Waals surface area contributed by atoms with Crippen molar-refractivity contribution < 1.29 is 14.2 Å². The lowest BCUT2D eigenvalue weighted by Gasteiger charge is -2.23. The minimum Gasteiger partial charge on any atom is -0.474 e. The first-order valence-corrected chi connectivity index (χ1v) is 10.8. The number of nitrogens with zero attached hydrogens (tertiary/aromatic N) is 4. The number of methoxy groups -OCH3 is 1. The molecule has 1 atom stereocenters. The molecule has 0 spiro atoms. The number of anilines is 1. The summed E-state index contributed by atoms with van der Waals surface area (Å²) in [6.45, 7) is 3.94. The molecule has 0 unspecified atom stereocenters. The first-order valence-electron chi connectivity index (χ1n) is 10.8. The number of benzene rings is 1. The molecule has 3 heterocycles. The van der Waals surface area contributed by atoms with Crippen molar-refractivity contribution in [1.29, 1.82) is 5.26 Å². The summed E-state index contributed by atoms with van der Waals surface area (Å²) in [7, 11) is 1.67. The number of pyridine rings is 1. The Balaban J connectivity index is 1.73. The van der Waals surface area contributed by atoms with Crippen LogP contribution in [0.1, 0.15) is 25.3 Å². The molecule has 4 rings (SSSR count). The second-order valence-electron chi connectivity index (χ2n) is 7.90. The van der Waals surface area contributed by atoms with E-state index in [4.69, 9.17) is 24.5 Å². The fourth-order valence-electron chi connectivity index (χ4n) is 3.73. The van der Waals surface area contributed by atoms with E-state index in [-0.39, 0.29) is 12.1 Å². The van der Waals surface area contributed by atoms with Gasteiger partial charge in [0.2, 0.25) is 11.8 Å². The maximum absolute atomic E-state index is 8.94. The number of nitrogens with one attached hydrogen (secondary N) is 1. The van der Waals surface area contributed by atoms with Gasteiger partial charge in [-0.25, -0.2) is 15.0 Å². The highest BCUT2D eigenvalue weighted by Gasteiger charge is 2.20. The van der Waals surface area contributed by atoms with Gasteiger partial charge < -0.3 is 19.5 Å². The fourth-order valence-corrected chi connectivity index (χ4v) is 3.73. The highest BCUT2D eigenvalue weighted by Crippen LogP contribution is 2.33. The van der Waals surface area contributed by atoms with Gasteiger partial charge in [-0.05, 0) is 18.1 Å². The van der Waals surface area contributed by atoms with E-state index in [1.165, 1.54) is 0 Å². The number of hydrogen-bond donors (Lipinski definition) is 1. The van der Waals surface area contributed by atoms with Crippen LogP contribution in [0.2, 0.25) is 0 Å². The topological polar surface area (TPSA) is 102 Å². The number of rotatable bonds is 8. The first-order chi connectivity index (χ1) is 15.7. The van der Waals surface area contributed by atoms with Crippen molar-refractivity contribution in [3.05, 3.63) is 42.2 Å². The normalized spacial score (nSPS) is 15.3. The van der Waals surface area contributed by atoms with Gasteiger partial charge in [0.1, 0.15) is 6.10 Å². The lowest BCUT2D eigenvalue weighted by molar-refractivity contribution is 0.0244. The highest BCUT2D eigenvalue weighted by molar-refractivity contribution is 5.96. The lowest BCUT2D eigenvalue weighted by atomic mass is 10.0. The fraction of sp³-hybridized carbons (Fsp3) is 0.417. The largest absolute Gasteiger partial charge is 0.474 e. The molecule has 166 valence electrons. The Hall–Kier alpha value is -3.28. The predicted octanol–water partition coefficient (Wildman–Crippen LogP) is 3.76. The molecule has 1 aliphatic heterocycles. The van der Waals surface area contributed by atoms with E-state index in [1.54, 1.807) is 19.5 Å². The molecule has 1 aliphatic rings. The van der Waals surface area contributed by atoms with Crippen LogP contribution in [0.5, 0.6) is 5.88 Å². The Bertz CT molecular complexity index is 1090. The van der Waals surface area contributed by atoms with E-state index in [1.807, 2.05) is 31.2 Å². The van der Waals surface area contributed by atoms with Crippen molar-refractivity contribution in [2.45, 2.75) is 38.3 Å². The molecule has 1 saturated heterocycles. The Kier molecular flexibility index (Phi) is 7.10. The lowest BCUT2D eigenvalue weighted by Crippen LogP contribution is -2.26. The summed E-state index contributed by atoms with van der Waals surface area (Å²) < 4.78 is 16.9. The van der Waals surface area contributed by atoms with E-state index >= 15 is 0 Å². The number of nitriles is 1. The first kappa shape index (κ1) is 21.9. The Morgan fingerprint density at radius 3 is 2.69 bits per heavy atom. The summed E-state index contributed by atoms with van der Waals surface area (Å²) in [5.41, 5.74) is 3.58. The SMILES string of the molecule is COC[C@H](C)Nc1ncc2c(OC3CCOCC3)ncc(-c3ccc(CC#N)cc3)c2n1. The quantitative estimate of drug-likeness (QED) is 0.573. The molecule has 8 nitrogen and oxygen atoms in total. The van der Waals surface area contributed by atoms with Crippen molar-refractivity contribution in [2.24, 2.45) is 0 Å². The second-order valence-corrected chi connectivity index (χ2v) is 7.90. The minimum absolute atomic E-state index is 0.0611. The van der Waals surface area contributed by atoms with Gasteiger partial charge in [-0.2, -0.15) is 5.26 Å². The van der Waals surface area contributed by atoms with Gasteiger partial charge in [0, 0.05) is 44.0 Å². The van der Waals surface area contributed by atoms with Gasteiger partial charge in [-0.15, -0.1) is 0 Å². The van der Waals surface area contributed by atoms with Crippen LogP contribution in [0.3, 0.4) is 0 Å². The Morgan fingerprint density at radius 1 is 1.19 bits per heavy atom. The number of aromatic nitrogens is 3. The van der Waals surface area contributed by atoms with Crippen molar-refractivity contribution in [1.82, 2.24) is 15.0 Å². The Morgan fingerprint density at radius 2 is 1.97 bits per heavy atom. The molecule has 0 radical (unpaired) electrons. The molecule has 8 heteroatoms. The number of hydrogen-bond acceptors (Lipinski definition) is 8. The van der Waals surface area contributed by atoms with Gasteiger partial charge in [-0.3, -0.25) is 0 Å². The van der Waals surface area contributed by atoms with E-state index in [2.05, 4.69) is 21.4 Å². The van der Waals surface area contributed by atoms with E-state index in [0.717, 1.165) is 40.4 Å². The molecular formula is C24H27N5O3. The monoisotopic (exact) mass is 433 g/mol. The molecule has 0 amide bonds. The van der Waals surface area contributed by atoms with Crippen LogP contribution in [0.4, 0.5) is 5.95 Å². The number of fused-ring (bicyclic) bond motifs is 1. The van der Waals surface area contributed by atoms with Crippen LogP contribution in [0.25, 0.3) is 22.0 Å². The van der Waals surface area contributed by atoms with E-state index in [0.29, 0.717) is 38.1 Å². The van der Waals surface area contributed by atoms with E-state index in [9.17, 15) is 0 Å². The standard InChI is InChI=1S/C24H27N5O3/c1-16(15-30-2)28-24-27-14-21-22(29-24)20(18-5-3-17(4-6-18)7-10-25)13-26-23(21)32-19-8-11-31-12-9-19/h3-6,13-14,16,19H,7-9,11-12,15H2,1-2H3,(H,27,28,29)/t16-/m0/s1. The van der Waals surface area contributed by atoms with Crippen LogP contribution in [0.15, 0.2) is 36.7 Å². The zero-order chi connectivity index (χ0) is 22.3. The van der Waals surface area contributed by atoms with Gasteiger partial charge in [0.05, 0.1) is 43.2 Å². The third-order valence-electron chi connectivity index (χ3n) is 5.37. The summed E-state index contributed by atoms with van der Waals surface area (Å²) in [6, 6.07) is 10.1. The summed E-state index contributed by atoms with van der Waals surface area (Å²) in [6.07, 6.45) is 5.67. The molecule has 0 saturated carbocycles.